The van der Waals surface area contributed by atoms with E-state index < -0.39 is 5.97 Å². The first-order chi connectivity index (χ1) is 13.5. The Morgan fingerprint density at radius 2 is 1.93 bits per heavy atom. The van der Waals surface area contributed by atoms with Gasteiger partial charge in [-0.1, -0.05) is 0 Å². The summed E-state index contributed by atoms with van der Waals surface area (Å²) >= 11 is 0. The Balaban J connectivity index is 0.000000442. The van der Waals surface area contributed by atoms with E-state index in [-0.39, 0.29) is 5.91 Å². The van der Waals surface area contributed by atoms with E-state index in [9.17, 15) is 4.79 Å². The van der Waals surface area contributed by atoms with Crippen LogP contribution >= 0.6 is 0 Å². The zero-order valence-electron chi connectivity index (χ0n) is 15.9. The van der Waals surface area contributed by atoms with Crippen LogP contribution in [-0.4, -0.2) is 64.5 Å². The van der Waals surface area contributed by atoms with Gasteiger partial charge in [0, 0.05) is 57.0 Å². The average Bonchev–Trinajstić information content (AvgIpc) is 3.08. The highest BCUT2D eigenvalue weighted by molar-refractivity contribution is 5.97. The molecule has 9 heteroatoms. The van der Waals surface area contributed by atoms with Crippen molar-refractivity contribution in [3.8, 4) is 11.3 Å². The summed E-state index contributed by atoms with van der Waals surface area (Å²) < 4.78 is 1.88. The fourth-order valence-corrected chi connectivity index (χ4v) is 3.95. The number of hydrogen-bond donors (Lipinski definition) is 3. The van der Waals surface area contributed by atoms with Crippen molar-refractivity contribution in [3.05, 3.63) is 29.1 Å². The first kappa shape index (κ1) is 18.4. The number of aryl methyl sites for hydroxylation is 1. The zero-order chi connectivity index (χ0) is 19.7. The van der Waals surface area contributed by atoms with Crippen LogP contribution in [0.4, 0.5) is 5.82 Å². The van der Waals surface area contributed by atoms with Gasteiger partial charge in [-0.15, -0.1) is 0 Å². The molecule has 1 amide bonds. The molecule has 0 bridgehead atoms. The van der Waals surface area contributed by atoms with Crippen molar-refractivity contribution >= 4 is 17.7 Å². The van der Waals surface area contributed by atoms with E-state index in [1.807, 2.05) is 10.9 Å². The third-order valence-electron chi connectivity index (χ3n) is 5.19. The third-order valence-corrected chi connectivity index (χ3v) is 5.19. The topological polar surface area (TPSA) is 112 Å². The van der Waals surface area contributed by atoms with Crippen molar-refractivity contribution in [2.45, 2.75) is 26.3 Å². The van der Waals surface area contributed by atoms with Crippen LogP contribution in [0.25, 0.3) is 11.3 Å². The predicted molar refractivity (Wildman–Crippen MR) is 104 cm³/mol. The summed E-state index contributed by atoms with van der Waals surface area (Å²) in [5.41, 5.74) is 5.20. The Hall–Kier alpha value is -2.94. The van der Waals surface area contributed by atoms with Crippen LogP contribution in [0.5, 0.6) is 0 Å². The molecule has 3 aliphatic rings. The number of anilines is 1. The minimum absolute atomic E-state index is 0.00911. The van der Waals surface area contributed by atoms with Gasteiger partial charge in [0.1, 0.15) is 11.5 Å². The number of fused-ring (bicyclic) bond motifs is 5. The maximum Gasteiger partial charge on any atom is 0.300 e. The number of pyridine rings is 1. The van der Waals surface area contributed by atoms with Gasteiger partial charge in [0.25, 0.3) is 11.9 Å². The molecule has 0 aromatic carbocycles. The molecule has 148 valence electrons. The number of hydrogen-bond acceptors (Lipinski definition) is 6. The molecular formula is C19H24N6O3. The van der Waals surface area contributed by atoms with Gasteiger partial charge < -0.3 is 20.6 Å². The molecule has 1 saturated heterocycles. The molecule has 0 radical (unpaired) electrons. The Kier molecular flexibility index (Phi) is 4.99. The molecular weight excluding hydrogens is 360 g/mol. The maximum atomic E-state index is 12.2. The van der Waals surface area contributed by atoms with Crippen LogP contribution in [0.3, 0.4) is 0 Å². The molecule has 0 spiro atoms. The molecule has 1 aliphatic carbocycles. The number of carboxylic acid groups (broad SMARTS) is 1. The number of rotatable bonds is 1. The molecule has 1 fully saturated rings. The zero-order valence-corrected chi connectivity index (χ0v) is 15.9. The summed E-state index contributed by atoms with van der Waals surface area (Å²) in [5, 5.41) is 18.5. The van der Waals surface area contributed by atoms with Gasteiger partial charge >= 0.3 is 0 Å². The summed E-state index contributed by atoms with van der Waals surface area (Å²) in [6, 6.07) is 2.16. The highest BCUT2D eigenvalue weighted by atomic mass is 16.4. The van der Waals surface area contributed by atoms with E-state index in [0.29, 0.717) is 6.54 Å². The number of nitrogens with zero attached hydrogens (tertiary/aromatic N) is 4. The summed E-state index contributed by atoms with van der Waals surface area (Å²) in [4.78, 5) is 28.2. The monoisotopic (exact) mass is 384 g/mol. The molecule has 3 N–H and O–H groups in total. The Morgan fingerprint density at radius 1 is 1.18 bits per heavy atom. The minimum atomic E-state index is -0.833. The number of aliphatic carboxylic acids is 1. The molecule has 5 rings (SSSR count). The van der Waals surface area contributed by atoms with E-state index in [1.165, 1.54) is 5.56 Å². The molecule has 2 aromatic rings. The molecule has 28 heavy (non-hydrogen) atoms. The van der Waals surface area contributed by atoms with Crippen molar-refractivity contribution < 1.29 is 14.7 Å². The predicted octanol–water partition coefficient (Wildman–Crippen LogP) is 0.288. The number of carboxylic acids is 1. The van der Waals surface area contributed by atoms with E-state index in [2.05, 4.69) is 26.6 Å². The molecule has 9 nitrogen and oxygen atoms in total. The normalized spacial score (nSPS) is 17.5. The van der Waals surface area contributed by atoms with Crippen LogP contribution in [0.15, 0.2) is 12.3 Å². The Bertz CT molecular complexity index is 913. The Morgan fingerprint density at radius 3 is 2.68 bits per heavy atom. The molecule has 0 unspecified atom stereocenters. The van der Waals surface area contributed by atoms with Crippen LogP contribution in [0.1, 0.15) is 28.5 Å². The smallest absolute Gasteiger partial charge is 0.300 e. The minimum Gasteiger partial charge on any atom is -0.481 e. The van der Waals surface area contributed by atoms with Crippen LogP contribution in [0, 0.1) is 0 Å². The summed E-state index contributed by atoms with van der Waals surface area (Å²) in [6.07, 6.45) is 3.77. The van der Waals surface area contributed by atoms with E-state index in [1.54, 1.807) is 0 Å². The Labute approximate surface area is 162 Å². The molecule has 4 heterocycles. The lowest BCUT2D eigenvalue weighted by Gasteiger charge is -2.29. The standard InChI is InChI=1S/C17H20N6O.C2H4O2/c24-17-16-12-2-1-11-10-20-14(22-6-3-18-4-7-22)9-13(11)15(12)21-23(16)8-5-19-17;1-2(3)4/h9-10,18H,1-8H2,(H,19,24);1H3,(H,3,4). The van der Waals surface area contributed by atoms with Crippen molar-refractivity contribution in [2.24, 2.45) is 0 Å². The fraction of sp³-hybridized carbons (Fsp3) is 0.474. The number of piperazine rings is 1. The van der Waals surface area contributed by atoms with E-state index in [4.69, 9.17) is 15.0 Å². The number of aromatic nitrogens is 3. The number of carbonyl (C=O) groups excluding carboxylic acids is 1. The quantitative estimate of drug-likeness (QED) is 0.648. The van der Waals surface area contributed by atoms with Gasteiger partial charge in [0.15, 0.2) is 0 Å². The second-order valence-corrected chi connectivity index (χ2v) is 7.11. The van der Waals surface area contributed by atoms with Crippen molar-refractivity contribution in [1.29, 1.82) is 0 Å². The summed E-state index contributed by atoms with van der Waals surface area (Å²) in [5.74, 6) is 0.188. The molecule has 0 saturated carbocycles. The number of amides is 1. The van der Waals surface area contributed by atoms with Gasteiger partial charge in [-0.3, -0.25) is 14.3 Å². The van der Waals surface area contributed by atoms with Gasteiger partial charge in [-0.05, 0) is 24.5 Å². The third kappa shape index (κ3) is 3.45. The number of nitrogens with one attached hydrogen (secondary N) is 2. The lowest BCUT2D eigenvalue weighted by molar-refractivity contribution is -0.134. The van der Waals surface area contributed by atoms with E-state index >= 15 is 0 Å². The highest BCUT2D eigenvalue weighted by Gasteiger charge is 2.30. The first-order valence-electron chi connectivity index (χ1n) is 9.57. The molecule has 0 atom stereocenters. The largest absolute Gasteiger partial charge is 0.481 e. The van der Waals surface area contributed by atoms with Crippen molar-refractivity contribution in [1.82, 2.24) is 25.4 Å². The van der Waals surface area contributed by atoms with Crippen LogP contribution < -0.4 is 15.5 Å². The van der Waals surface area contributed by atoms with Crippen molar-refractivity contribution in [3.63, 3.8) is 0 Å². The number of carbonyl (C=O) groups is 2. The lowest BCUT2D eigenvalue weighted by atomic mass is 9.90. The maximum absolute atomic E-state index is 12.2. The van der Waals surface area contributed by atoms with E-state index in [0.717, 1.165) is 80.8 Å². The van der Waals surface area contributed by atoms with Gasteiger partial charge in [0.2, 0.25) is 0 Å². The summed E-state index contributed by atoms with van der Waals surface area (Å²) in [7, 11) is 0. The summed E-state index contributed by atoms with van der Waals surface area (Å²) in [6.45, 7) is 6.41. The second kappa shape index (κ2) is 7.59. The van der Waals surface area contributed by atoms with Gasteiger partial charge in [0.05, 0.1) is 12.2 Å². The highest BCUT2D eigenvalue weighted by Crippen LogP contribution is 2.36. The van der Waals surface area contributed by atoms with Gasteiger partial charge in [-0.25, -0.2) is 4.98 Å². The molecule has 2 aromatic heterocycles. The fourth-order valence-electron chi connectivity index (χ4n) is 3.95. The van der Waals surface area contributed by atoms with Gasteiger partial charge in [-0.2, -0.15) is 5.10 Å². The van der Waals surface area contributed by atoms with Crippen LogP contribution in [0.2, 0.25) is 0 Å². The average molecular weight is 384 g/mol. The SMILES string of the molecule is CC(=O)O.O=C1NCCn2nc3c(c21)CCc1cnc(N2CCNCC2)cc1-3. The molecule has 2 aliphatic heterocycles. The first-order valence-corrected chi connectivity index (χ1v) is 9.57. The lowest BCUT2D eigenvalue weighted by Crippen LogP contribution is -2.43. The second-order valence-electron chi connectivity index (χ2n) is 7.11. The van der Waals surface area contributed by atoms with Crippen LogP contribution in [-0.2, 0) is 24.2 Å². The van der Waals surface area contributed by atoms with Crippen molar-refractivity contribution in [2.75, 3.05) is 37.6 Å².